The largest absolute Gasteiger partial charge is 0.362 e. The fourth-order valence-electron chi connectivity index (χ4n) is 4.15. The average molecular weight is 464 g/mol. The molecule has 3 aromatic carbocycles. The van der Waals surface area contributed by atoms with Crippen molar-refractivity contribution in [3.05, 3.63) is 95.0 Å². The fourth-order valence-corrected chi connectivity index (χ4v) is 4.27. The van der Waals surface area contributed by atoms with Crippen molar-refractivity contribution in [2.24, 2.45) is 0 Å². The van der Waals surface area contributed by atoms with E-state index in [0.29, 0.717) is 27.5 Å². The summed E-state index contributed by atoms with van der Waals surface area (Å²) in [7, 11) is 3.93. The zero-order valence-electron chi connectivity index (χ0n) is 19.1. The standard InChI is InChI=1S/C28H22ClN5/c1-18-9-15-22(16-10-18)34-28(33(2)3)24-23(17-30)25(19-7-5-4-6-8-19)31-26(27(24)32-34)20-11-13-21(29)14-12-20/h4-16H,1-3H3. The SMILES string of the molecule is Cc1ccc(-n2nc3c(-c4ccc(Cl)cc4)nc(-c4ccccc4)c(C#N)c3c2N(C)C)cc1. The normalized spacial score (nSPS) is 10.9. The third-order valence-corrected chi connectivity index (χ3v) is 6.03. The number of benzene rings is 3. The minimum Gasteiger partial charge on any atom is -0.362 e. The van der Waals surface area contributed by atoms with Gasteiger partial charge in [-0.1, -0.05) is 71.8 Å². The monoisotopic (exact) mass is 463 g/mol. The van der Waals surface area contributed by atoms with Crippen molar-refractivity contribution in [2.45, 2.75) is 6.92 Å². The molecule has 0 amide bonds. The number of fused-ring (bicyclic) bond motifs is 1. The van der Waals surface area contributed by atoms with E-state index < -0.39 is 0 Å². The van der Waals surface area contributed by atoms with Crippen LogP contribution in [0.4, 0.5) is 5.82 Å². The Balaban J connectivity index is 1.94. The van der Waals surface area contributed by atoms with E-state index >= 15 is 0 Å². The third kappa shape index (κ3) is 3.68. The predicted molar refractivity (Wildman–Crippen MR) is 139 cm³/mol. The number of halogens is 1. The summed E-state index contributed by atoms with van der Waals surface area (Å²) in [5.41, 5.74) is 6.35. The van der Waals surface area contributed by atoms with Gasteiger partial charge in [0, 0.05) is 30.2 Å². The number of nitriles is 1. The molecule has 0 radical (unpaired) electrons. The Morgan fingerprint density at radius 2 is 1.50 bits per heavy atom. The maximum Gasteiger partial charge on any atom is 0.141 e. The van der Waals surface area contributed by atoms with E-state index in [1.54, 1.807) is 0 Å². The van der Waals surface area contributed by atoms with E-state index in [2.05, 4.69) is 25.1 Å². The summed E-state index contributed by atoms with van der Waals surface area (Å²) < 4.78 is 1.89. The van der Waals surface area contributed by atoms with Crippen LogP contribution in [-0.2, 0) is 0 Å². The molecule has 166 valence electrons. The van der Waals surface area contributed by atoms with Gasteiger partial charge in [0.15, 0.2) is 0 Å². The molecule has 5 aromatic rings. The molecular formula is C28H22ClN5. The molecule has 0 bridgehead atoms. The topological polar surface area (TPSA) is 57.7 Å². The molecule has 0 aliphatic heterocycles. The lowest BCUT2D eigenvalue weighted by atomic mass is 9.99. The minimum absolute atomic E-state index is 0.501. The minimum atomic E-state index is 0.501. The van der Waals surface area contributed by atoms with Crippen LogP contribution in [0.15, 0.2) is 78.9 Å². The predicted octanol–water partition coefficient (Wildman–Crippen LogP) is 6.65. The number of hydrogen-bond acceptors (Lipinski definition) is 4. The van der Waals surface area contributed by atoms with Crippen LogP contribution in [0.2, 0.25) is 5.02 Å². The van der Waals surface area contributed by atoms with Gasteiger partial charge in [-0.3, -0.25) is 0 Å². The van der Waals surface area contributed by atoms with Crippen LogP contribution in [0, 0.1) is 18.3 Å². The maximum atomic E-state index is 10.3. The number of pyridine rings is 1. The molecular weight excluding hydrogens is 442 g/mol. The first-order chi connectivity index (χ1) is 16.5. The van der Waals surface area contributed by atoms with Crippen LogP contribution in [0.1, 0.15) is 11.1 Å². The molecule has 34 heavy (non-hydrogen) atoms. The zero-order chi connectivity index (χ0) is 23.8. The Kier molecular flexibility index (Phi) is 5.53. The van der Waals surface area contributed by atoms with Crippen LogP contribution in [0.5, 0.6) is 0 Å². The van der Waals surface area contributed by atoms with E-state index in [1.807, 2.05) is 90.4 Å². The second-order valence-corrected chi connectivity index (χ2v) is 8.79. The van der Waals surface area contributed by atoms with Crippen molar-refractivity contribution in [2.75, 3.05) is 19.0 Å². The molecule has 2 aromatic heterocycles. The first-order valence-corrected chi connectivity index (χ1v) is 11.3. The van der Waals surface area contributed by atoms with Crippen LogP contribution >= 0.6 is 11.6 Å². The molecule has 0 atom stereocenters. The number of anilines is 1. The second-order valence-electron chi connectivity index (χ2n) is 8.36. The van der Waals surface area contributed by atoms with Gasteiger partial charge in [-0.05, 0) is 31.2 Å². The van der Waals surface area contributed by atoms with Crippen molar-refractivity contribution in [1.82, 2.24) is 14.8 Å². The summed E-state index contributed by atoms with van der Waals surface area (Å²) in [6, 6.07) is 28.0. The van der Waals surface area contributed by atoms with Gasteiger partial charge >= 0.3 is 0 Å². The Morgan fingerprint density at radius 1 is 0.853 bits per heavy atom. The number of aromatic nitrogens is 3. The molecule has 0 fully saturated rings. The molecule has 0 saturated heterocycles. The van der Waals surface area contributed by atoms with Crippen LogP contribution in [-0.4, -0.2) is 28.9 Å². The maximum absolute atomic E-state index is 10.3. The van der Waals surface area contributed by atoms with Gasteiger partial charge in [-0.15, -0.1) is 0 Å². The zero-order valence-corrected chi connectivity index (χ0v) is 19.9. The number of aryl methyl sites for hydroxylation is 1. The van der Waals surface area contributed by atoms with Gasteiger partial charge in [-0.2, -0.15) is 10.4 Å². The van der Waals surface area contributed by atoms with E-state index in [9.17, 15) is 5.26 Å². The average Bonchev–Trinajstić information content (AvgIpc) is 3.25. The van der Waals surface area contributed by atoms with E-state index in [4.69, 9.17) is 21.7 Å². The summed E-state index contributed by atoms with van der Waals surface area (Å²) in [5, 5.41) is 16.8. The fraction of sp³-hybridized carbons (Fsp3) is 0.107. The van der Waals surface area contributed by atoms with Crippen molar-refractivity contribution in [3.8, 4) is 34.3 Å². The van der Waals surface area contributed by atoms with Gasteiger partial charge < -0.3 is 4.90 Å². The van der Waals surface area contributed by atoms with E-state index in [0.717, 1.165) is 28.0 Å². The molecule has 5 nitrogen and oxygen atoms in total. The highest BCUT2D eigenvalue weighted by atomic mass is 35.5. The lowest BCUT2D eigenvalue weighted by molar-refractivity contribution is 0.866. The van der Waals surface area contributed by atoms with Gasteiger partial charge in [0.2, 0.25) is 0 Å². The quantitative estimate of drug-likeness (QED) is 0.299. The molecule has 2 heterocycles. The molecule has 6 heteroatoms. The summed E-state index contributed by atoms with van der Waals surface area (Å²) in [6.07, 6.45) is 0. The van der Waals surface area contributed by atoms with Gasteiger partial charge in [0.25, 0.3) is 0 Å². The number of hydrogen-bond donors (Lipinski definition) is 0. The summed E-state index contributed by atoms with van der Waals surface area (Å²) in [4.78, 5) is 7.00. The molecule has 5 rings (SSSR count). The third-order valence-electron chi connectivity index (χ3n) is 5.77. The molecule has 0 aliphatic carbocycles. The van der Waals surface area contributed by atoms with Crippen molar-refractivity contribution in [1.29, 1.82) is 5.26 Å². The second kappa shape index (κ2) is 8.66. The Morgan fingerprint density at radius 3 is 2.12 bits per heavy atom. The Hall–Kier alpha value is -4.14. The lowest BCUT2D eigenvalue weighted by Gasteiger charge is -2.17. The summed E-state index contributed by atoms with van der Waals surface area (Å²) in [6.45, 7) is 2.05. The van der Waals surface area contributed by atoms with E-state index in [-0.39, 0.29) is 0 Å². The van der Waals surface area contributed by atoms with Gasteiger partial charge in [0.05, 0.1) is 28.0 Å². The van der Waals surface area contributed by atoms with Crippen molar-refractivity contribution in [3.63, 3.8) is 0 Å². The van der Waals surface area contributed by atoms with Gasteiger partial charge in [0.1, 0.15) is 17.4 Å². The first-order valence-electron chi connectivity index (χ1n) is 10.9. The Bertz CT molecular complexity index is 1530. The van der Waals surface area contributed by atoms with Crippen molar-refractivity contribution >= 4 is 28.3 Å². The molecule has 0 aliphatic rings. The lowest BCUT2D eigenvalue weighted by Crippen LogP contribution is -2.14. The van der Waals surface area contributed by atoms with Crippen LogP contribution < -0.4 is 4.90 Å². The van der Waals surface area contributed by atoms with Crippen molar-refractivity contribution < 1.29 is 0 Å². The highest BCUT2D eigenvalue weighted by Gasteiger charge is 2.25. The Labute approximate surface area is 203 Å². The molecule has 0 saturated carbocycles. The molecule has 0 N–H and O–H groups in total. The highest BCUT2D eigenvalue weighted by Crippen LogP contribution is 2.40. The van der Waals surface area contributed by atoms with E-state index in [1.165, 1.54) is 5.56 Å². The summed E-state index contributed by atoms with van der Waals surface area (Å²) in [5.74, 6) is 0.824. The number of nitrogens with zero attached hydrogens (tertiary/aromatic N) is 5. The first kappa shape index (κ1) is 21.7. The smallest absolute Gasteiger partial charge is 0.141 e. The summed E-state index contributed by atoms with van der Waals surface area (Å²) >= 11 is 6.17. The molecule has 0 unspecified atom stereocenters. The van der Waals surface area contributed by atoms with Crippen LogP contribution in [0.3, 0.4) is 0 Å². The number of rotatable bonds is 4. The molecule has 0 spiro atoms. The van der Waals surface area contributed by atoms with Crippen LogP contribution in [0.25, 0.3) is 39.1 Å². The van der Waals surface area contributed by atoms with Gasteiger partial charge in [-0.25, -0.2) is 9.67 Å². The highest BCUT2D eigenvalue weighted by molar-refractivity contribution is 6.30.